The average molecular weight is 429 g/mol. The van der Waals surface area contributed by atoms with Crippen LogP contribution in [0, 0.1) is 10.1 Å². The highest BCUT2D eigenvalue weighted by atomic mass is 16.6. The third-order valence-electron chi connectivity index (χ3n) is 4.18. The van der Waals surface area contributed by atoms with Gasteiger partial charge in [-0.1, -0.05) is 18.2 Å². The summed E-state index contributed by atoms with van der Waals surface area (Å²) in [5.41, 5.74) is -0.212. The summed E-state index contributed by atoms with van der Waals surface area (Å²) in [5.74, 6) is -0.864. The van der Waals surface area contributed by atoms with Gasteiger partial charge in [-0.3, -0.25) is 19.7 Å². The molecule has 2 rings (SSSR count). The molecule has 31 heavy (non-hydrogen) atoms. The van der Waals surface area contributed by atoms with Crippen molar-refractivity contribution in [2.75, 3.05) is 27.4 Å². The first-order valence-electron chi connectivity index (χ1n) is 9.28. The van der Waals surface area contributed by atoms with Crippen LogP contribution in [-0.2, 0) is 4.79 Å². The minimum absolute atomic E-state index is 0.0309. The average Bonchev–Trinajstić information content (AvgIpc) is 2.78. The van der Waals surface area contributed by atoms with E-state index in [1.165, 1.54) is 32.4 Å². The number of nitrogens with zero attached hydrogens (tertiary/aromatic N) is 1. The van der Waals surface area contributed by atoms with Gasteiger partial charge in [0.05, 0.1) is 30.8 Å². The fourth-order valence-corrected chi connectivity index (χ4v) is 2.63. The molecule has 2 aromatic carbocycles. The van der Waals surface area contributed by atoms with Crippen molar-refractivity contribution in [1.82, 2.24) is 10.6 Å². The van der Waals surface area contributed by atoms with Crippen molar-refractivity contribution in [1.29, 1.82) is 0 Å². The Labute approximate surface area is 178 Å². The van der Waals surface area contributed by atoms with Crippen molar-refractivity contribution < 1.29 is 29.1 Å². The van der Waals surface area contributed by atoms with E-state index >= 15 is 0 Å². The SMILES string of the molecule is COc1cc(C=C(NC(=O)c2ccccc2)C(=O)NCCCO)c([N+](=O)[O-])cc1OC. The second-order valence-corrected chi connectivity index (χ2v) is 6.23. The predicted octanol–water partition coefficient (Wildman–Crippen LogP) is 1.88. The van der Waals surface area contributed by atoms with Gasteiger partial charge in [0.25, 0.3) is 17.5 Å². The molecule has 0 aromatic heterocycles. The Morgan fingerprint density at radius 3 is 2.35 bits per heavy atom. The van der Waals surface area contributed by atoms with Crippen molar-refractivity contribution in [2.24, 2.45) is 0 Å². The number of nitrogens with one attached hydrogen (secondary N) is 2. The molecule has 164 valence electrons. The molecule has 10 heteroatoms. The second kappa shape index (κ2) is 11.3. The van der Waals surface area contributed by atoms with Crippen LogP contribution in [0.4, 0.5) is 5.69 Å². The Bertz CT molecular complexity index is 974. The second-order valence-electron chi connectivity index (χ2n) is 6.23. The fraction of sp³-hybridized carbons (Fsp3) is 0.238. The van der Waals surface area contributed by atoms with Gasteiger partial charge in [0.1, 0.15) is 5.70 Å². The largest absolute Gasteiger partial charge is 0.493 e. The topological polar surface area (TPSA) is 140 Å². The number of methoxy groups -OCH3 is 2. The number of aliphatic hydroxyl groups is 1. The smallest absolute Gasteiger partial charge is 0.280 e. The summed E-state index contributed by atoms with van der Waals surface area (Å²) in [6.07, 6.45) is 1.50. The van der Waals surface area contributed by atoms with Crippen LogP contribution in [-0.4, -0.2) is 49.2 Å². The molecular formula is C21H23N3O7. The highest BCUT2D eigenvalue weighted by Gasteiger charge is 2.21. The van der Waals surface area contributed by atoms with Crippen molar-refractivity contribution in [3.63, 3.8) is 0 Å². The predicted molar refractivity (Wildman–Crippen MR) is 113 cm³/mol. The molecule has 2 aromatic rings. The number of hydrogen-bond donors (Lipinski definition) is 3. The zero-order valence-corrected chi connectivity index (χ0v) is 17.1. The van der Waals surface area contributed by atoms with Crippen molar-refractivity contribution in [3.05, 3.63) is 69.4 Å². The molecule has 0 radical (unpaired) electrons. The van der Waals surface area contributed by atoms with E-state index in [1.54, 1.807) is 30.3 Å². The van der Waals surface area contributed by atoms with Crippen LogP contribution in [0.5, 0.6) is 11.5 Å². The zero-order chi connectivity index (χ0) is 22.8. The molecular weight excluding hydrogens is 406 g/mol. The zero-order valence-electron chi connectivity index (χ0n) is 17.1. The molecule has 3 N–H and O–H groups in total. The summed E-state index contributed by atoms with van der Waals surface area (Å²) in [7, 11) is 2.72. The number of amides is 2. The van der Waals surface area contributed by atoms with Gasteiger partial charge < -0.3 is 25.2 Å². The van der Waals surface area contributed by atoms with Gasteiger partial charge >= 0.3 is 0 Å². The molecule has 0 bridgehead atoms. The molecule has 0 atom stereocenters. The summed E-state index contributed by atoms with van der Waals surface area (Å²) in [4.78, 5) is 36.1. The van der Waals surface area contributed by atoms with E-state index in [0.717, 1.165) is 0 Å². The molecule has 0 aliphatic rings. The first-order valence-corrected chi connectivity index (χ1v) is 9.28. The lowest BCUT2D eigenvalue weighted by molar-refractivity contribution is -0.385. The van der Waals surface area contributed by atoms with E-state index in [1.807, 2.05) is 0 Å². The van der Waals surface area contributed by atoms with Crippen LogP contribution in [0.3, 0.4) is 0 Å². The van der Waals surface area contributed by atoms with Gasteiger partial charge in [0.2, 0.25) is 0 Å². The number of carbonyl (C=O) groups is 2. The van der Waals surface area contributed by atoms with Crippen LogP contribution in [0.2, 0.25) is 0 Å². The summed E-state index contributed by atoms with van der Waals surface area (Å²) in [6.45, 7) is 0.0265. The van der Waals surface area contributed by atoms with Gasteiger partial charge in [-0.15, -0.1) is 0 Å². The Balaban J connectivity index is 2.50. The lowest BCUT2D eigenvalue weighted by Gasteiger charge is -2.12. The molecule has 0 heterocycles. The van der Waals surface area contributed by atoms with Gasteiger partial charge in [-0.25, -0.2) is 0 Å². The lowest BCUT2D eigenvalue weighted by atomic mass is 10.1. The molecule has 0 unspecified atom stereocenters. The van der Waals surface area contributed by atoms with Crippen LogP contribution in [0.25, 0.3) is 6.08 Å². The third kappa shape index (κ3) is 6.28. The Kier molecular flexibility index (Phi) is 8.52. The maximum absolute atomic E-state index is 12.6. The van der Waals surface area contributed by atoms with E-state index < -0.39 is 16.7 Å². The van der Waals surface area contributed by atoms with Gasteiger partial charge in [0, 0.05) is 18.7 Å². The number of hydrogen-bond acceptors (Lipinski definition) is 7. The van der Waals surface area contributed by atoms with Gasteiger partial charge in [-0.2, -0.15) is 0 Å². The van der Waals surface area contributed by atoms with E-state index in [9.17, 15) is 19.7 Å². The van der Waals surface area contributed by atoms with Gasteiger partial charge in [0.15, 0.2) is 11.5 Å². The summed E-state index contributed by atoms with van der Waals surface area (Å²) >= 11 is 0. The Hall–Kier alpha value is -3.92. The van der Waals surface area contributed by atoms with Crippen molar-refractivity contribution in [2.45, 2.75) is 6.42 Å². The van der Waals surface area contributed by atoms with Crippen molar-refractivity contribution in [3.8, 4) is 11.5 Å². The molecule has 0 spiro atoms. The normalized spacial score (nSPS) is 10.9. The van der Waals surface area contributed by atoms with E-state index in [2.05, 4.69) is 10.6 Å². The first-order chi connectivity index (χ1) is 14.9. The molecule has 0 saturated carbocycles. The van der Waals surface area contributed by atoms with Crippen LogP contribution >= 0.6 is 0 Å². The summed E-state index contributed by atoms with van der Waals surface area (Å²) in [5, 5.41) is 25.5. The number of rotatable bonds is 10. The Morgan fingerprint density at radius 1 is 1.13 bits per heavy atom. The number of ether oxygens (including phenoxy) is 2. The van der Waals surface area contributed by atoms with Crippen LogP contribution < -0.4 is 20.1 Å². The number of benzene rings is 2. The molecule has 0 fully saturated rings. The van der Waals surface area contributed by atoms with E-state index in [-0.39, 0.29) is 41.6 Å². The highest BCUT2D eigenvalue weighted by molar-refractivity contribution is 6.05. The standard InChI is InChI=1S/C21H23N3O7/c1-30-18-12-15(17(24(28)29)13-19(18)31-2)11-16(21(27)22-9-6-10-25)23-20(26)14-7-4-3-5-8-14/h3-5,7-8,11-13,25H,6,9-10H2,1-2H3,(H,22,27)(H,23,26). The quantitative estimate of drug-likeness (QED) is 0.227. The molecule has 0 aliphatic carbocycles. The van der Waals surface area contributed by atoms with E-state index in [4.69, 9.17) is 14.6 Å². The summed E-state index contributed by atoms with van der Waals surface area (Å²) < 4.78 is 10.3. The maximum atomic E-state index is 12.6. The minimum Gasteiger partial charge on any atom is -0.493 e. The molecule has 10 nitrogen and oxygen atoms in total. The number of nitro groups is 1. The fourth-order valence-electron chi connectivity index (χ4n) is 2.63. The van der Waals surface area contributed by atoms with Gasteiger partial charge in [-0.05, 0) is 30.7 Å². The Morgan fingerprint density at radius 2 is 1.77 bits per heavy atom. The number of nitro benzene ring substituents is 1. The summed E-state index contributed by atoms with van der Waals surface area (Å²) in [6, 6.07) is 10.7. The maximum Gasteiger partial charge on any atom is 0.280 e. The van der Waals surface area contributed by atoms with Crippen LogP contribution in [0.15, 0.2) is 48.2 Å². The number of aliphatic hydroxyl groups excluding tert-OH is 1. The van der Waals surface area contributed by atoms with Crippen LogP contribution in [0.1, 0.15) is 22.3 Å². The minimum atomic E-state index is -0.665. The highest BCUT2D eigenvalue weighted by Crippen LogP contribution is 2.35. The monoisotopic (exact) mass is 429 g/mol. The number of carbonyl (C=O) groups excluding carboxylic acids is 2. The van der Waals surface area contributed by atoms with Crippen molar-refractivity contribution >= 4 is 23.6 Å². The molecule has 0 saturated heterocycles. The molecule has 0 aliphatic heterocycles. The molecule has 2 amide bonds. The third-order valence-corrected chi connectivity index (χ3v) is 4.18. The first kappa shape index (κ1) is 23.4. The lowest BCUT2D eigenvalue weighted by Crippen LogP contribution is -2.35. The van der Waals surface area contributed by atoms with E-state index in [0.29, 0.717) is 12.0 Å².